The topological polar surface area (TPSA) is 57.4 Å². The summed E-state index contributed by atoms with van der Waals surface area (Å²) >= 11 is 1.63. The van der Waals surface area contributed by atoms with E-state index in [0.29, 0.717) is 25.6 Å². The molecule has 2 N–H and O–H groups in total. The number of nitrogen functional groups attached to an aromatic ring is 1. The number of ether oxygens (including phenoxy) is 2. The van der Waals surface area contributed by atoms with E-state index in [1.165, 1.54) is 0 Å². The molecule has 0 amide bonds. The molecule has 0 aromatic carbocycles. The number of rotatable bonds is 6. The van der Waals surface area contributed by atoms with E-state index in [-0.39, 0.29) is 0 Å². The zero-order valence-corrected chi connectivity index (χ0v) is 9.39. The van der Waals surface area contributed by atoms with E-state index in [0.717, 1.165) is 16.3 Å². The van der Waals surface area contributed by atoms with E-state index in [1.54, 1.807) is 18.4 Å². The molecule has 0 radical (unpaired) electrons. The van der Waals surface area contributed by atoms with Crippen molar-refractivity contribution >= 4 is 17.2 Å². The van der Waals surface area contributed by atoms with Gasteiger partial charge in [-0.2, -0.15) is 0 Å². The van der Waals surface area contributed by atoms with Gasteiger partial charge in [-0.15, -0.1) is 11.3 Å². The number of nitrogens with zero attached hydrogens (tertiary/aromatic N) is 1. The summed E-state index contributed by atoms with van der Waals surface area (Å²) in [6.45, 7) is 3.92. The molecule has 0 saturated heterocycles. The highest BCUT2D eigenvalue weighted by molar-refractivity contribution is 7.12. The lowest BCUT2D eigenvalue weighted by Gasteiger charge is -2.00. The van der Waals surface area contributed by atoms with Gasteiger partial charge in [0.25, 0.3) is 0 Å². The van der Waals surface area contributed by atoms with Gasteiger partial charge < -0.3 is 15.2 Å². The number of nitrogens with two attached hydrogens (primary N) is 1. The summed E-state index contributed by atoms with van der Waals surface area (Å²) in [7, 11) is 1.66. The first-order valence-corrected chi connectivity index (χ1v) is 5.34. The van der Waals surface area contributed by atoms with Gasteiger partial charge >= 0.3 is 0 Å². The van der Waals surface area contributed by atoms with Crippen molar-refractivity contribution in [2.75, 3.05) is 32.7 Å². The summed E-state index contributed by atoms with van der Waals surface area (Å²) in [5, 5.41) is 1.04. The Morgan fingerprint density at radius 1 is 1.36 bits per heavy atom. The molecule has 0 atom stereocenters. The van der Waals surface area contributed by atoms with E-state index >= 15 is 0 Å². The molecule has 80 valence electrons. The Morgan fingerprint density at radius 2 is 2.14 bits per heavy atom. The maximum atomic E-state index is 5.63. The average molecular weight is 216 g/mol. The molecule has 1 aromatic rings. The first kappa shape index (κ1) is 11.4. The summed E-state index contributed by atoms with van der Waals surface area (Å²) in [5.74, 6) is 0.641. The Morgan fingerprint density at radius 3 is 2.71 bits per heavy atom. The highest BCUT2D eigenvalue weighted by Gasteiger charge is 2.03. The first-order valence-electron chi connectivity index (χ1n) is 4.52. The Kier molecular flexibility index (Phi) is 4.86. The molecular weight excluding hydrogens is 200 g/mol. The fraction of sp³-hybridized carbons (Fsp3) is 0.667. The van der Waals surface area contributed by atoms with Crippen molar-refractivity contribution in [3.63, 3.8) is 0 Å². The molecule has 0 spiro atoms. The molecule has 14 heavy (non-hydrogen) atoms. The molecule has 0 aliphatic carbocycles. The zero-order valence-electron chi connectivity index (χ0n) is 8.58. The number of aryl methyl sites for hydroxylation is 1. The minimum Gasteiger partial charge on any atom is -0.383 e. The van der Waals surface area contributed by atoms with Crippen molar-refractivity contribution in [2.45, 2.75) is 13.3 Å². The van der Waals surface area contributed by atoms with Gasteiger partial charge in [-0.1, -0.05) is 0 Å². The first-order chi connectivity index (χ1) is 6.74. The lowest BCUT2D eigenvalue weighted by Crippen LogP contribution is -2.04. The van der Waals surface area contributed by atoms with Crippen molar-refractivity contribution in [1.29, 1.82) is 0 Å². The summed E-state index contributed by atoms with van der Waals surface area (Å²) < 4.78 is 10.2. The minimum absolute atomic E-state index is 0.635. The van der Waals surface area contributed by atoms with Crippen LogP contribution in [0.1, 0.15) is 9.88 Å². The van der Waals surface area contributed by atoms with Crippen LogP contribution in [0.4, 0.5) is 5.82 Å². The molecular formula is C9H16N2O2S. The van der Waals surface area contributed by atoms with E-state index < -0.39 is 0 Å². The van der Waals surface area contributed by atoms with Crippen LogP contribution in [0, 0.1) is 6.92 Å². The van der Waals surface area contributed by atoms with Gasteiger partial charge in [0.2, 0.25) is 0 Å². The maximum Gasteiger partial charge on any atom is 0.137 e. The Bertz CT molecular complexity index is 256. The van der Waals surface area contributed by atoms with Crippen LogP contribution in [0.15, 0.2) is 0 Å². The van der Waals surface area contributed by atoms with Crippen LogP contribution in [0.2, 0.25) is 0 Å². The third-order valence-corrected chi connectivity index (χ3v) is 2.82. The van der Waals surface area contributed by atoms with Gasteiger partial charge in [0.1, 0.15) is 5.82 Å². The summed E-state index contributed by atoms with van der Waals surface area (Å²) in [6.07, 6.45) is 0.826. The van der Waals surface area contributed by atoms with Crippen LogP contribution < -0.4 is 5.73 Å². The fourth-order valence-electron chi connectivity index (χ4n) is 0.976. The number of anilines is 1. The lowest BCUT2D eigenvalue weighted by atomic mass is 10.5. The Hall–Kier alpha value is -0.650. The van der Waals surface area contributed by atoms with Crippen molar-refractivity contribution in [1.82, 2.24) is 4.98 Å². The molecule has 0 aliphatic rings. The van der Waals surface area contributed by atoms with E-state index in [1.807, 2.05) is 6.92 Å². The van der Waals surface area contributed by atoms with Crippen LogP contribution in [0.5, 0.6) is 0 Å². The molecule has 4 nitrogen and oxygen atoms in total. The predicted octanol–water partition coefficient (Wildman–Crippen LogP) is 1.24. The van der Waals surface area contributed by atoms with Crippen LogP contribution in [-0.2, 0) is 15.9 Å². The van der Waals surface area contributed by atoms with E-state index in [9.17, 15) is 0 Å². The van der Waals surface area contributed by atoms with Crippen molar-refractivity contribution < 1.29 is 9.47 Å². The number of thiazole rings is 1. The highest BCUT2D eigenvalue weighted by atomic mass is 32.1. The molecule has 1 aromatic heterocycles. The maximum absolute atomic E-state index is 5.63. The van der Waals surface area contributed by atoms with Crippen molar-refractivity contribution in [2.24, 2.45) is 0 Å². The van der Waals surface area contributed by atoms with Gasteiger partial charge in [0.15, 0.2) is 0 Å². The second-order valence-electron chi connectivity index (χ2n) is 2.90. The number of hydrogen-bond donors (Lipinski definition) is 1. The second-order valence-corrected chi connectivity index (χ2v) is 4.19. The second kappa shape index (κ2) is 5.95. The molecule has 5 heteroatoms. The molecule has 0 fully saturated rings. The molecule has 1 rings (SSSR count). The SMILES string of the molecule is COCCOCCc1nc(N)c(C)s1. The largest absolute Gasteiger partial charge is 0.383 e. The molecule has 0 bridgehead atoms. The zero-order chi connectivity index (χ0) is 10.4. The monoisotopic (exact) mass is 216 g/mol. The highest BCUT2D eigenvalue weighted by Crippen LogP contribution is 2.19. The van der Waals surface area contributed by atoms with Gasteiger partial charge in [-0.25, -0.2) is 4.98 Å². The van der Waals surface area contributed by atoms with Crippen LogP contribution in [-0.4, -0.2) is 31.9 Å². The quantitative estimate of drug-likeness (QED) is 0.727. The van der Waals surface area contributed by atoms with Crippen LogP contribution >= 0.6 is 11.3 Å². The minimum atomic E-state index is 0.635. The predicted molar refractivity (Wildman–Crippen MR) is 57.7 cm³/mol. The normalized spacial score (nSPS) is 10.7. The Labute approximate surface area is 88.0 Å². The summed E-state index contributed by atoms with van der Waals surface area (Å²) in [4.78, 5) is 5.29. The number of aromatic nitrogens is 1. The van der Waals surface area contributed by atoms with Gasteiger partial charge in [0, 0.05) is 18.4 Å². The number of methoxy groups -OCH3 is 1. The van der Waals surface area contributed by atoms with Crippen LogP contribution in [0.25, 0.3) is 0 Å². The molecule has 0 saturated carbocycles. The van der Waals surface area contributed by atoms with E-state index in [4.69, 9.17) is 15.2 Å². The Balaban J connectivity index is 2.18. The van der Waals surface area contributed by atoms with Gasteiger partial charge in [-0.3, -0.25) is 0 Å². The number of hydrogen-bond acceptors (Lipinski definition) is 5. The van der Waals surface area contributed by atoms with Crippen molar-refractivity contribution in [3.05, 3.63) is 9.88 Å². The van der Waals surface area contributed by atoms with E-state index in [2.05, 4.69) is 4.98 Å². The van der Waals surface area contributed by atoms with Gasteiger partial charge in [-0.05, 0) is 6.92 Å². The lowest BCUT2D eigenvalue weighted by molar-refractivity contribution is 0.0722. The fourth-order valence-corrected chi connectivity index (χ4v) is 1.81. The molecule has 0 unspecified atom stereocenters. The van der Waals surface area contributed by atoms with Crippen molar-refractivity contribution in [3.8, 4) is 0 Å². The third-order valence-electron chi connectivity index (χ3n) is 1.77. The average Bonchev–Trinajstić information content (AvgIpc) is 2.46. The summed E-state index contributed by atoms with van der Waals surface area (Å²) in [6, 6.07) is 0. The molecule has 1 heterocycles. The standard InChI is InChI=1S/C9H16N2O2S/c1-7-9(10)11-8(14-7)3-4-13-6-5-12-2/h3-6,10H2,1-2H3. The van der Waals surface area contributed by atoms with Crippen LogP contribution in [0.3, 0.4) is 0 Å². The summed E-state index contributed by atoms with van der Waals surface area (Å²) in [5.41, 5.74) is 5.63. The molecule has 0 aliphatic heterocycles. The third kappa shape index (κ3) is 3.61. The van der Waals surface area contributed by atoms with Gasteiger partial charge in [0.05, 0.1) is 24.8 Å². The smallest absolute Gasteiger partial charge is 0.137 e.